The van der Waals surface area contributed by atoms with E-state index in [1.165, 1.54) is 24.7 Å². The van der Waals surface area contributed by atoms with E-state index in [1.807, 2.05) is 6.07 Å². The number of aromatic hydroxyl groups is 2. The molecule has 0 spiro atoms. The summed E-state index contributed by atoms with van der Waals surface area (Å²) in [5.41, 5.74) is 5.17. The van der Waals surface area contributed by atoms with Crippen LogP contribution in [0.15, 0.2) is 18.2 Å². The highest BCUT2D eigenvalue weighted by Gasteiger charge is 2.31. The summed E-state index contributed by atoms with van der Waals surface area (Å²) in [6.07, 6.45) is 6.27. The number of phenolic OH excluding ortho intramolecular Hbond substituents is 2. The number of methoxy groups -OCH3 is 2. The molecule has 0 saturated heterocycles. The fourth-order valence-corrected chi connectivity index (χ4v) is 4.61. The standard InChI is InChI=1S/C21H24O4/c1-24-17-11-15-14(20(23)21(17)25-2)8-4-7-12-5-3-6-13-9-10-16(22)19(15)18(12)13/h9-12,22-23H,3-8H2,1-2H3. The first kappa shape index (κ1) is 16.1. The number of hydrogen-bond acceptors (Lipinski definition) is 4. The number of ether oxygens (including phenoxy) is 2. The largest absolute Gasteiger partial charge is 0.507 e. The van der Waals surface area contributed by atoms with Crippen LogP contribution in [-0.2, 0) is 12.8 Å². The van der Waals surface area contributed by atoms with E-state index in [-0.39, 0.29) is 11.5 Å². The van der Waals surface area contributed by atoms with Crippen LogP contribution >= 0.6 is 0 Å². The second kappa shape index (κ2) is 6.17. The van der Waals surface area contributed by atoms with Crippen molar-refractivity contribution in [3.63, 3.8) is 0 Å². The molecule has 1 unspecified atom stereocenters. The van der Waals surface area contributed by atoms with Crippen molar-refractivity contribution in [1.29, 1.82) is 0 Å². The molecule has 4 nitrogen and oxygen atoms in total. The van der Waals surface area contributed by atoms with E-state index < -0.39 is 0 Å². The number of benzene rings is 2. The van der Waals surface area contributed by atoms with Crippen LogP contribution in [0.4, 0.5) is 0 Å². The molecule has 0 aliphatic heterocycles. The van der Waals surface area contributed by atoms with Crippen LogP contribution in [-0.4, -0.2) is 24.4 Å². The van der Waals surface area contributed by atoms with Crippen LogP contribution < -0.4 is 9.47 Å². The summed E-state index contributed by atoms with van der Waals surface area (Å²) >= 11 is 0. The van der Waals surface area contributed by atoms with Crippen LogP contribution in [0.25, 0.3) is 11.1 Å². The van der Waals surface area contributed by atoms with Gasteiger partial charge >= 0.3 is 0 Å². The van der Waals surface area contributed by atoms with Gasteiger partial charge in [0, 0.05) is 11.1 Å². The quantitative estimate of drug-likeness (QED) is 0.843. The lowest BCUT2D eigenvalue weighted by Crippen LogP contribution is -2.14. The van der Waals surface area contributed by atoms with E-state index in [0.717, 1.165) is 48.8 Å². The number of fused-ring (bicyclic) bond motifs is 2. The Morgan fingerprint density at radius 3 is 2.48 bits per heavy atom. The number of phenols is 2. The first-order chi connectivity index (χ1) is 12.2. The topological polar surface area (TPSA) is 58.9 Å². The average molecular weight is 340 g/mol. The molecule has 0 heterocycles. The van der Waals surface area contributed by atoms with E-state index in [4.69, 9.17) is 9.47 Å². The Labute approximate surface area is 148 Å². The van der Waals surface area contributed by atoms with Crippen molar-refractivity contribution in [2.75, 3.05) is 14.2 Å². The molecular formula is C21H24O4. The molecular weight excluding hydrogens is 316 g/mol. The first-order valence-electron chi connectivity index (χ1n) is 8.97. The van der Waals surface area contributed by atoms with Crippen LogP contribution in [0.5, 0.6) is 23.0 Å². The Hall–Kier alpha value is -2.36. The van der Waals surface area contributed by atoms with Crippen molar-refractivity contribution >= 4 is 0 Å². The van der Waals surface area contributed by atoms with Gasteiger partial charge in [-0.2, -0.15) is 0 Å². The maximum atomic E-state index is 10.8. The van der Waals surface area contributed by atoms with E-state index in [2.05, 4.69) is 6.07 Å². The van der Waals surface area contributed by atoms with Gasteiger partial charge in [-0.3, -0.25) is 0 Å². The van der Waals surface area contributed by atoms with Gasteiger partial charge in [-0.25, -0.2) is 0 Å². The van der Waals surface area contributed by atoms with Crippen molar-refractivity contribution in [2.24, 2.45) is 0 Å². The summed E-state index contributed by atoms with van der Waals surface area (Å²) in [5.74, 6) is 1.74. The maximum Gasteiger partial charge on any atom is 0.203 e. The Bertz CT molecular complexity index is 825. The van der Waals surface area contributed by atoms with Crippen LogP contribution in [0.3, 0.4) is 0 Å². The molecule has 4 heteroatoms. The van der Waals surface area contributed by atoms with E-state index in [0.29, 0.717) is 17.4 Å². The molecule has 0 saturated carbocycles. The molecule has 0 amide bonds. The summed E-state index contributed by atoms with van der Waals surface area (Å²) < 4.78 is 10.8. The van der Waals surface area contributed by atoms with Gasteiger partial charge < -0.3 is 19.7 Å². The van der Waals surface area contributed by atoms with E-state index >= 15 is 0 Å². The summed E-state index contributed by atoms with van der Waals surface area (Å²) in [7, 11) is 3.10. The lowest BCUT2D eigenvalue weighted by Gasteiger charge is -2.32. The minimum atomic E-state index is 0.128. The van der Waals surface area contributed by atoms with Gasteiger partial charge in [0.25, 0.3) is 0 Å². The predicted octanol–water partition coefficient (Wildman–Crippen LogP) is 4.54. The van der Waals surface area contributed by atoms with Crippen molar-refractivity contribution in [1.82, 2.24) is 0 Å². The van der Waals surface area contributed by atoms with Gasteiger partial charge in [0.1, 0.15) is 5.75 Å². The highest BCUT2D eigenvalue weighted by molar-refractivity contribution is 5.83. The molecule has 0 bridgehead atoms. The van der Waals surface area contributed by atoms with Crippen molar-refractivity contribution in [2.45, 2.75) is 44.4 Å². The predicted molar refractivity (Wildman–Crippen MR) is 96.9 cm³/mol. The third-order valence-electron chi connectivity index (χ3n) is 5.72. The normalized spacial score (nSPS) is 18.6. The molecule has 4 rings (SSSR count). The van der Waals surface area contributed by atoms with Gasteiger partial charge in [0.05, 0.1) is 14.2 Å². The molecule has 2 aromatic carbocycles. The number of rotatable bonds is 2. The van der Waals surface area contributed by atoms with E-state index in [9.17, 15) is 10.2 Å². The number of hydrogen-bond donors (Lipinski definition) is 2. The molecule has 2 aliphatic rings. The molecule has 1 atom stereocenters. The van der Waals surface area contributed by atoms with Crippen molar-refractivity contribution < 1.29 is 19.7 Å². The van der Waals surface area contributed by atoms with Gasteiger partial charge in [0.2, 0.25) is 5.75 Å². The molecule has 2 N–H and O–H groups in total. The van der Waals surface area contributed by atoms with E-state index in [1.54, 1.807) is 13.2 Å². The summed E-state index contributed by atoms with van der Waals surface area (Å²) in [5, 5.41) is 21.5. The first-order valence-corrected chi connectivity index (χ1v) is 8.97. The lowest BCUT2D eigenvalue weighted by molar-refractivity contribution is 0.331. The van der Waals surface area contributed by atoms with Crippen molar-refractivity contribution in [3.8, 4) is 34.1 Å². The minimum absolute atomic E-state index is 0.128. The molecule has 132 valence electrons. The molecule has 2 aliphatic carbocycles. The van der Waals surface area contributed by atoms with Gasteiger partial charge in [-0.1, -0.05) is 6.07 Å². The molecule has 0 radical (unpaired) electrons. The smallest absolute Gasteiger partial charge is 0.203 e. The monoisotopic (exact) mass is 340 g/mol. The Balaban J connectivity index is 2.06. The zero-order valence-electron chi connectivity index (χ0n) is 14.8. The van der Waals surface area contributed by atoms with Gasteiger partial charge in [0.15, 0.2) is 11.5 Å². The Morgan fingerprint density at radius 1 is 1.00 bits per heavy atom. The Kier molecular flexibility index (Phi) is 3.98. The molecule has 0 aromatic heterocycles. The van der Waals surface area contributed by atoms with Crippen LogP contribution in [0.2, 0.25) is 0 Å². The fraction of sp³-hybridized carbons (Fsp3) is 0.429. The number of aryl methyl sites for hydroxylation is 1. The van der Waals surface area contributed by atoms with Gasteiger partial charge in [-0.15, -0.1) is 0 Å². The SMILES string of the molecule is COc1cc2c(c(O)c1OC)CCCC1CCCc3ccc(O)c-2c31. The summed E-state index contributed by atoms with van der Waals surface area (Å²) in [6.45, 7) is 0. The minimum Gasteiger partial charge on any atom is -0.507 e. The summed E-state index contributed by atoms with van der Waals surface area (Å²) in [4.78, 5) is 0. The van der Waals surface area contributed by atoms with Crippen molar-refractivity contribution in [3.05, 3.63) is 34.9 Å². The third kappa shape index (κ3) is 2.43. The van der Waals surface area contributed by atoms with Crippen LogP contribution in [0, 0.1) is 0 Å². The second-order valence-electron chi connectivity index (χ2n) is 7.00. The zero-order chi connectivity index (χ0) is 17.6. The second-order valence-corrected chi connectivity index (χ2v) is 7.00. The highest BCUT2D eigenvalue weighted by atomic mass is 16.5. The highest BCUT2D eigenvalue weighted by Crippen LogP contribution is 2.52. The zero-order valence-corrected chi connectivity index (χ0v) is 14.8. The fourth-order valence-electron chi connectivity index (χ4n) is 4.61. The lowest BCUT2D eigenvalue weighted by atomic mass is 9.73. The molecule has 25 heavy (non-hydrogen) atoms. The third-order valence-corrected chi connectivity index (χ3v) is 5.72. The molecule has 0 fully saturated rings. The Morgan fingerprint density at radius 2 is 1.76 bits per heavy atom. The maximum absolute atomic E-state index is 10.8. The summed E-state index contributed by atoms with van der Waals surface area (Å²) in [6, 6.07) is 5.75. The van der Waals surface area contributed by atoms with Crippen LogP contribution in [0.1, 0.15) is 48.3 Å². The average Bonchev–Trinajstić information content (AvgIpc) is 2.61. The molecule has 2 aromatic rings. The van der Waals surface area contributed by atoms with Gasteiger partial charge in [-0.05, 0) is 73.3 Å².